The van der Waals surface area contributed by atoms with Gasteiger partial charge in [-0.2, -0.15) is 0 Å². The fraction of sp³-hybridized carbons (Fsp3) is 0.273. The van der Waals surface area contributed by atoms with Crippen LogP contribution in [0.5, 0.6) is 17.2 Å². The molecule has 1 heterocycles. The number of methoxy groups -OCH3 is 1. The van der Waals surface area contributed by atoms with Crippen molar-refractivity contribution in [2.24, 2.45) is 0 Å². The number of hydrogen-bond acceptors (Lipinski definition) is 7. The molecule has 1 amide bonds. The number of phenolic OH excluding ortho intramolecular Hbond substituents is 1. The molecule has 8 nitrogen and oxygen atoms in total. The van der Waals surface area contributed by atoms with E-state index in [2.05, 4.69) is 5.32 Å². The SMILES string of the molecule is COc1ccc(-c2coc3cc(OCC(=O)NCCN(C)C)cc(O)c3c2=O)cc1. The van der Waals surface area contributed by atoms with E-state index < -0.39 is 0 Å². The van der Waals surface area contributed by atoms with Gasteiger partial charge < -0.3 is 29.2 Å². The lowest BCUT2D eigenvalue weighted by molar-refractivity contribution is -0.123. The van der Waals surface area contributed by atoms with E-state index in [1.807, 2.05) is 19.0 Å². The average Bonchev–Trinajstić information content (AvgIpc) is 2.72. The van der Waals surface area contributed by atoms with Gasteiger partial charge in [0.2, 0.25) is 5.43 Å². The van der Waals surface area contributed by atoms with Crippen LogP contribution in [-0.2, 0) is 4.79 Å². The predicted molar refractivity (Wildman–Crippen MR) is 113 cm³/mol. The van der Waals surface area contributed by atoms with Crippen molar-refractivity contribution in [3.63, 3.8) is 0 Å². The van der Waals surface area contributed by atoms with Gasteiger partial charge in [0.15, 0.2) is 6.61 Å². The second kappa shape index (κ2) is 9.32. The first-order valence-corrected chi connectivity index (χ1v) is 9.36. The fourth-order valence-electron chi connectivity index (χ4n) is 2.88. The zero-order chi connectivity index (χ0) is 21.7. The lowest BCUT2D eigenvalue weighted by Crippen LogP contribution is -2.34. The predicted octanol–water partition coefficient (Wildman–Crippen LogP) is 2.23. The lowest BCUT2D eigenvalue weighted by Gasteiger charge is -2.11. The molecule has 0 radical (unpaired) electrons. The fourth-order valence-corrected chi connectivity index (χ4v) is 2.88. The van der Waals surface area contributed by atoms with Gasteiger partial charge in [0.05, 0.1) is 12.7 Å². The second-order valence-corrected chi connectivity index (χ2v) is 6.96. The number of nitrogens with zero attached hydrogens (tertiary/aromatic N) is 1. The Hall–Kier alpha value is -3.52. The summed E-state index contributed by atoms with van der Waals surface area (Å²) in [7, 11) is 5.38. The molecule has 3 aromatic rings. The molecule has 30 heavy (non-hydrogen) atoms. The van der Waals surface area contributed by atoms with E-state index in [1.165, 1.54) is 18.4 Å². The highest BCUT2D eigenvalue weighted by Crippen LogP contribution is 2.30. The van der Waals surface area contributed by atoms with Crippen molar-refractivity contribution < 1.29 is 23.8 Å². The maximum atomic E-state index is 12.9. The van der Waals surface area contributed by atoms with Crippen LogP contribution in [0.3, 0.4) is 0 Å². The molecule has 0 saturated carbocycles. The Morgan fingerprint density at radius 2 is 1.90 bits per heavy atom. The summed E-state index contributed by atoms with van der Waals surface area (Å²) in [6.07, 6.45) is 1.34. The van der Waals surface area contributed by atoms with E-state index in [0.717, 1.165) is 0 Å². The number of fused-ring (bicyclic) bond motifs is 1. The van der Waals surface area contributed by atoms with Crippen LogP contribution in [0, 0.1) is 0 Å². The number of amides is 1. The zero-order valence-electron chi connectivity index (χ0n) is 17.1. The largest absolute Gasteiger partial charge is 0.507 e. The van der Waals surface area contributed by atoms with Crippen LogP contribution in [0.4, 0.5) is 0 Å². The minimum absolute atomic E-state index is 0.0473. The quantitative estimate of drug-likeness (QED) is 0.585. The highest BCUT2D eigenvalue weighted by atomic mass is 16.5. The summed E-state index contributed by atoms with van der Waals surface area (Å²) in [5, 5.41) is 13.2. The summed E-state index contributed by atoms with van der Waals surface area (Å²) < 4.78 is 16.1. The van der Waals surface area contributed by atoms with E-state index >= 15 is 0 Å². The molecule has 2 N–H and O–H groups in total. The van der Waals surface area contributed by atoms with Gasteiger partial charge in [0.1, 0.15) is 34.5 Å². The molecule has 2 aromatic carbocycles. The maximum absolute atomic E-state index is 12.9. The van der Waals surface area contributed by atoms with Crippen LogP contribution in [-0.4, -0.2) is 56.8 Å². The van der Waals surface area contributed by atoms with Crippen LogP contribution in [0.25, 0.3) is 22.1 Å². The molecule has 0 atom stereocenters. The van der Waals surface area contributed by atoms with E-state index in [0.29, 0.717) is 30.0 Å². The molecule has 1 aromatic heterocycles. The highest BCUT2D eigenvalue weighted by molar-refractivity contribution is 5.88. The third-order valence-corrected chi connectivity index (χ3v) is 4.48. The Morgan fingerprint density at radius 1 is 1.17 bits per heavy atom. The first kappa shape index (κ1) is 21.2. The number of carbonyl (C=O) groups excluding carboxylic acids is 1. The highest BCUT2D eigenvalue weighted by Gasteiger charge is 2.15. The molecule has 0 unspecified atom stereocenters. The van der Waals surface area contributed by atoms with Crippen LogP contribution >= 0.6 is 0 Å². The Morgan fingerprint density at radius 3 is 2.57 bits per heavy atom. The van der Waals surface area contributed by atoms with Crippen LogP contribution in [0.15, 0.2) is 51.9 Å². The van der Waals surface area contributed by atoms with Crippen molar-refractivity contribution in [2.45, 2.75) is 0 Å². The third kappa shape index (κ3) is 4.90. The van der Waals surface area contributed by atoms with Crippen molar-refractivity contribution >= 4 is 16.9 Å². The smallest absolute Gasteiger partial charge is 0.257 e. The van der Waals surface area contributed by atoms with Gasteiger partial charge >= 0.3 is 0 Å². The Labute approximate surface area is 173 Å². The van der Waals surface area contributed by atoms with Gasteiger partial charge in [-0.05, 0) is 31.8 Å². The topological polar surface area (TPSA) is 101 Å². The summed E-state index contributed by atoms with van der Waals surface area (Å²) in [4.78, 5) is 26.7. The molecule has 0 saturated heterocycles. The van der Waals surface area contributed by atoms with Crippen molar-refractivity contribution in [3.8, 4) is 28.4 Å². The number of ether oxygens (including phenoxy) is 2. The summed E-state index contributed by atoms with van der Waals surface area (Å²) in [5.74, 6) is 0.329. The molecule has 3 rings (SSSR count). The molecule has 0 spiro atoms. The molecule has 8 heteroatoms. The molecule has 0 fully saturated rings. The van der Waals surface area contributed by atoms with Crippen LogP contribution in [0.2, 0.25) is 0 Å². The molecule has 0 aliphatic heterocycles. The van der Waals surface area contributed by atoms with E-state index in [-0.39, 0.29) is 40.4 Å². The van der Waals surface area contributed by atoms with Crippen molar-refractivity contribution in [3.05, 3.63) is 52.9 Å². The number of rotatable bonds is 8. The number of likely N-dealkylation sites (N-methyl/N-ethyl adjacent to an activating group) is 1. The number of carbonyl (C=O) groups is 1. The molecule has 0 aliphatic carbocycles. The number of phenols is 1. The first-order valence-electron chi connectivity index (χ1n) is 9.36. The summed E-state index contributed by atoms with van der Waals surface area (Å²) in [6.45, 7) is 0.998. The summed E-state index contributed by atoms with van der Waals surface area (Å²) >= 11 is 0. The Kier molecular flexibility index (Phi) is 6.58. The normalized spacial score (nSPS) is 10.9. The first-order chi connectivity index (χ1) is 14.4. The van der Waals surface area contributed by atoms with E-state index in [1.54, 1.807) is 31.4 Å². The van der Waals surface area contributed by atoms with Gasteiger partial charge in [0, 0.05) is 25.2 Å². The number of hydrogen-bond donors (Lipinski definition) is 2. The van der Waals surface area contributed by atoms with Crippen LogP contribution < -0.4 is 20.2 Å². The average molecular weight is 412 g/mol. The third-order valence-electron chi connectivity index (χ3n) is 4.48. The number of nitrogens with one attached hydrogen (secondary N) is 1. The van der Waals surface area contributed by atoms with E-state index in [9.17, 15) is 14.7 Å². The number of benzene rings is 2. The minimum atomic E-state index is -0.369. The van der Waals surface area contributed by atoms with Gasteiger partial charge in [-0.15, -0.1) is 0 Å². The Balaban J connectivity index is 1.79. The molecule has 0 bridgehead atoms. The Bertz CT molecular complexity index is 1090. The molecular weight excluding hydrogens is 388 g/mol. The molecule has 0 aliphatic rings. The zero-order valence-corrected chi connectivity index (χ0v) is 17.1. The minimum Gasteiger partial charge on any atom is -0.507 e. The number of aromatic hydroxyl groups is 1. The molecular formula is C22H24N2O6. The monoisotopic (exact) mass is 412 g/mol. The van der Waals surface area contributed by atoms with Gasteiger partial charge in [-0.3, -0.25) is 9.59 Å². The van der Waals surface area contributed by atoms with Crippen molar-refractivity contribution in [1.29, 1.82) is 0 Å². The van der Waals surface area contributed by atoms with Gasteiger partial charge in [-0.1, -0.05) is 12.1 Å². The second-order valence-electron chi connectivity index (χ2n) is 6.96. The standard InChI is InChI=1S/C22H24N2O6/c1-24(2)9-8-23-20(26)13-29-16-10-18(25)21-19(11-16)30-12-17(22(21)27)14-4-6-15(28-3)7-5-14/h4-7,10-12,25H,8-9,13H2,1-3H3,(H,23,26). The summed E-state index contributed by atoms with van der Waals surface area (Å²) in [6, 6.07) is 9.71. The van der Waals surface area contributed by atoms with Crippen LogP contribution in [0.1, 0.15) is 0 Å². The summed E-state index contributed by atoms with van der Waals surface area (Å²) in [5.41, 5.74) is 0.752. The lowest BCUT2D eigenvalue weighted by atomic mass is 10.0. The van der Waals surface area contributed by atoms with Crippen molar-refractivity contribution in [1.82, 2.24) is 10.2 Å². The maximum Gasteiger partial charge on any atom is 0.257 e. The van der Waals surface area contributed by atoms with Gasteiger partial charge in [-0.25, -0.2) is 0 Å². The molecule has 158 valence electrons. The van der Waals surface area contributed by atoms with E-state index in [4.69, 9.17) is 13.9 Å². The van der Waals surface area contributed by atoms with Gasteiger partial charge in [0.25, 0.3) is 5.91 Å². The van der Waals surface area contributed by atoms with Crippen molar-refractivity contribution in [2.75, 3.05) is 40.9 Å².